The molecule has 1 saturated heterocycles. The number of amides is 1. The Balaban J connectivity index is 1.49. The SMILES string of the molecule is O=C(CC1CCC1)Nc1cccc(CN2CCC(CO)CC2)c1. The molecule has 1 saturated carbocycles. The molecule has 0 radical (unpaired) electrons. The molecule has 1 heterocycles. The first kappa shape index (κ1) is 16.5. The maximum Gasteiger partial charge on any atom is 0.224 e. The number of likely N-dealkylation sites (tertiary alicyclic amines) is 1. The molecule has 2 aliphatic rings. The number of aliphatic hydroxyl groups excluding tert-OH is 1. The smallest absolute Gasteiger partial charge is 0.224 e. The molecule has 2 N–H and O–H groups in total. The van der Waals surface area contributed by atoms with E-state index in [1.54, 1.807) is 0 Å². The lowest BCUT2D eigenvalue weighted by molar-refractivity contribution is -0.117. The lowest BCUT2D eigenvalue weighted by Crippen LogP contribution is -2.34. The van der Waals surface area contributed by atoms with Crippen LogP contribution in [0.1, 0.15) is 44.1 Å². The van der Waals surface area contributed by atoms with Crippen molar-refractivity contribution in [3.8, 4) is 0 Å². The zero-order chi connectivity index (χ0) is 16.1. The number of hydrogen-bond donors (Lipinski definition) is 2. The Bertz CT molecular complexity index is 520. The van der Waals surface area contributed by atoms with E-state index in [0.29, 0.717) is 24.9 Å². The van der Waals surface area contributed by atoms with Crippen LogP contribution in [-0.2, 0) is 11.3 Å². The fourth-order valence-corrected chi connectivity index (χ4v) is 3.50. The second-order valence-corrected chi connectivity index (χ2v) is 7.15. The molecule has 4 nitrogen and oxygen atoms in total. The molecule has 0 spiro atoms. The van der Waals surface area contributed by atoms with Crippen LogP contribution in [-0.4, -0.2) is 35.6 Å². The lowest BCUT2D eigenvalue weighted by Gasteiger charge is -2.31. The molecule has 0 unspecified atom stereocenters. The van der Waals surface area contributed by atoms with Crippen LogP contribution < -0.4 is 5.32 Å². The van der Waals surface area contributed by atoms with Crippen molar-refractivity contribution in [2.75, 3.05) is 25.0 Å². The summed E-state index contributed by atoms with van der Waals surface area (Å²) >= 11 is 0. The van der Waals surface area contributed by atoms with Gasteiger partial charge in [-0.15, -0.1) is 0 Å². The van der Waals surface area contributed by atoms with E-state index in [0.717, 1.165) is 38.2 Å². The van der Waals surface area contributed by atoms with Gasteiger partial charge >= 0.3 is 0 Å². The Kier molecular flexibility index (Phi) is 5.68. The van der Waals surface area contributed by atoms with Crippen LogP contribution in [0, 0.1) is 11.8 Å². The summed E-state index contributed by atoms with van der Waals surface area (Å²) in [4.78, 5) is 14.5. The number of nitrogens with one attached hydrogen (secondary N) is 1. The molecule has 3 rings (SSSR count). The first-order valence-electron chi connectivity index (χ1n) is 8.95. The molecule has 126 valence electrons. The molecule has 2 fully saturated rings. The van der Waals surface area contributed by atoms with Gasteiger partial charge < -0.3 is 10.4 Å². The van der Waals surface area contributed by atoms with Gasteiger partial charge in [-0.25, -0.2) is 0 Å². The first-order chi connectivity index (χ1) is 11.2. The highest BCUT2D eigenvalue weighted by molar-refractivity contribution is 5.90. The molecule has 1 aromatic carbocycles. The molecule has 1 aliphatic heterocycles. The van der Waals surface area contributed by atoms with Crippen molar-refractivity contribution in [3.63, 3.8) is 0 Å². The minimum atomic E-state index is 0.149. The van der Waals surface area contributed by atoms with E-state index < -0.39 is 0 Å². The number of benzene rings is 1. The van der Waals surface area contributed by atoms with E-state index in [9.17, 15) is 9.90 Å². The quantitative estimate of drug-likeness (QED) is 0.848. The summed E-state index contributed by atoms with van der Waals surface area (Å²) in [6, 6.07) is 8.21. The molecular formula is C19H28N2O2. The van der Waals surface area contributed by atoms with Gasteiger partial charge in [0, 0.05) is 25.3 Å². The summed E-state index contributed by atoms with van der Waals surface area (Å²) in [5.41, 5.74) is 2.16. The van der Waals surface area contributed by atoms with Crippen LogP contribution >= 0.6 is 0 Å². The average molecular weight is 316 g/mol. The third-order valence-electron chi connectivity index (χ3n) is 5.28. The van der Waals surface area contributed by atoms with Crippen molar-refractivity contribution in [1.82, 2.24) is 4.90 Å². The number of anilines is 1. The molecular weight excluding hydrogens is 288 g/mol. The van der Waals surface area contributed by atoms with Gasteiger partial charge in [-0.05, 0) is 68.3 Å². The number of carbonyl (C=O) groups excluding carboxylic acids is 1. The lowest BCUT2D eigenvalue weighted by atomic mass is 9.83. The number of rotatable bonds is 6. The second-order valence-electron chi connectivity index (χ2n) is 7.15. The minimum absolute atomic E-state index is 0.149. The zero-order valence-electron chi connectivity index (χ0n) is 13.8. The maximum atomic E-state index is 12.0. The standard InChI is InChI=1S/C19H28N2O2/c22-14-16-7-9-21(10-8-16)13-17-5-2-6-18(11-17)20-19(23)12-15-3-1-4-15/h2,5-6,11,15-16,22H,1,3-4,7-10,12-14H2,(H,20,23). The molecule has 1 aromatic rings. The van der Waals surface area contributed by atoms with Crippen molar-refractivity contribution >= 4 is 11.6 Å². The van der Waals surface area contributed by atoms with Crippen molar-refractivity contribution in [2.45, 2.75) is 45.1 Å². The third kappa shape index (κ3) is 4.79. The second kappa shape index (κ2) is 7.93. The zero-order valence-corrected chi connectivity index (χ0v) is 13.8. The Hall–Kier alpha value is -1.39. The van der Waals surface area contributed by atoms with Crippen molar-refractivity contribution < 1.29 is 9.90 Å². The number of aliphatic hydroxyl groups is 1. The maximum absolute atomic E-state index is 12.0. The van der Waals surface area contributed by atoms with Gasteiger partial charge in [0.25, 0.3) is 0 Å². The van der Waals surface area contributed by atoms with Crippen LogP contribution in [0.25, 0.3) is 0 Å². The number of hydrogen-bond acceptors (Lipinski definition) is 3. The van der Waals surface area contributed by atoms with Crippen molar-refractivity contribution in [1.29, 1.82) is 0 Å². The monoisotopic (exact) mass is 316 g/mol. The highest BCUT2D eigenvalue weighted by atomic mass is 16.3. The van der Waals surface area contributed by atoms with Gasteiger partial charge in [0.15, 0.2) is 0 Å². The largest absolute Gasteiger partial charge is 0.396 e. The predicted octanol–water partition coefficient (Wildman–Crippen LogP) is 3.02. The molecule has 1 amide bonds. The van der Waals surface area contributed by atoms with E-state index in [-0.39, 0.29) is 5.91 Å². The van der Waals surface area contributed by atoms with Gasteiger partial charge in [-0.1, -0.05) is 18.6 Å². The summed E-state index contributed by atoms with van der Waals surface area (Å²) < 4.78 is 0. The van der Waals surface area contributed by atoms with Crippen molar-refractivity contribution in [3.05, 3.63) is 29.8 Å². The van der Waals surface area contributed by atoms with Crippen LogP contribution in [0.5, 0.6) is 0 Å². The molecule has 0 aromatic heterocycles. The average Bonchev–Trinajstić information content (AvgIpc) is 2.52. The minimum Gasteiger partial charge on any atom is -0.396 e. The fraction of sp³-hybridized carbons (Fsp3) is 0.632. The Morgan fingerprint density at radius 3 is 2.61 bits per heavy atom. The molecule has 23 heavy (non-hydrogen) atoms. The molecule has 4 heteroatoms. The van der Waals surface area contributed by atoms with Crippen LogP contribution in [0.15, 0.2) is 24.3 Å². The number of piperidine rings is 1. The Morgan fingerprint density at radius 1 is 1.17 bits per heavy atom. The van der Waals surface area contributed by atoms with Crippen molar-refractivity contribution in [2.24, 2.45) is 11.8 Å². The Morgan fingerprint density at radius 2 is 1.96 bits per heavy atom. The van der Waals surface area contributed by atoms with E-state index in [1.807, 2.05) is 12.1 Å². The van der Waals surface area contributed by atoms with Gasteiger partial charge in [0.2, 0.25) is 5.91 Å². The molecule has 1 aliphatic carbocycles. The summed E-state index contributed by atoms with van der Waals surface area (Å²) in [6.07, 6.45) is 6.51. The van der Waals surface area contributed by atoms with Crippen LogP contribution in [0.4, 0.5) is 5.69 Å². The van der Waals surface area contributed by atoms with E-state index in [4.69, 9.17) is 0 Å². The molecule has 0 atom stereocenters. The predicted molar refractivity (Wildman–Crippen MR) is 92.1 cm³/mol. The van der Waals surface area contributed by atoms with E-state index in [2.05, 4.69) is 22.3 Å². The fourth-order valence-electron chi connectivity index (χ4n) is 3.50. The number of carbonyl (C=O) groups is 1. The van der Waals surface area contributed by atoms with Crippen LogP contribution in [0.3, 0.4) is 0 Å². The van der Waals surface area contributed by atoms with Gasteiger partial charge in [-0.3, -0.25) is 9.69 Å². The van der Waals surface area contributed by atoms with Crippen LogP contribution in [0.2, 0.25) is 0 Å². The topological polar surface area (TPSA) is 52.6 Å². The van der Waals surface area contributed by atoms with E-state index in [1.165, 1.54) is 24.8 Å². The normalized spacial score (nSPS) is 20.2. The van der Waals surface area contributed by atoms with Gasteiger partial charge in [-0.2, -0.15) is 0 Å². The van der Waals surface area contributed by atoms with E-state index >= 15 is 0 Å². The van der Waals surface area contributed by atoms with Gasteiger partial charge in [0.1, 0.15) is 0 Å². The summed E-state index contributed by atoms with van der Waals surface area (Å²) in [6.45, 7) is 3.33. The number of nitrogens with zero attached hydrogens (tertiary/aromatic N) is 1. The third-order valence-corrected chi connectivity index (χ3v) is 5.28. The van der Waals surface area contributed by atoms with Gasteiger partial charge in [0.05, 0.1) is 0 Å². The highest BCUT2D eigenvalue weighted by Gasteiger charge is 2.21. The summed E-state index contributed by atoms with van der Waals surface area (Å²) in [5.74, 6) is 1.23. The first-order valence-corrected chi connectivity index (χ1v) is 8.95. The highest BCUT2D eigenvalue weighted by Crippen LogP contribution is 2.29. The summed E-state index contributed by atoms with van der Waals surface area (Å²) in [5, 5.41) is 12.3. The molecule has 0 bridgehead atoms. The Labute approximate surface area is 138 Å². The summed E-state index contributed by atoms with van der Waals surface area (Å²) in [7, 11) is 0.